The monoisotopic (exact) mass is 432 g/mol. The molecular formula is C27H32N2OS. The Labute approximate surface area is 189 Å². The van der Waals surface area contributed by atoms with Crippen LogP contribution in [0.1, 0.15) is 80.2 Å². The van der Waals surface area contributed by atoms with Crippen LogP contribution in [0.25, 0.3) is 10.4 Å². The maximum atomic E-state index is 12.6. The van der Waals surface area contributed by atoms with E-state index in [-0.39, 0.29) is 11.3 Å². The summed E-state index contributed by atoms with van der Waals surface area (Å²) < 4.78 is 0. The number of rotatable bonds is 4. The third-order valence-electron chi connectivity index (χ3n) is 6.33. The Balaban J connectivity index is 1.40. The molecule has 0 aliphatic heterocycles. The fourth-order valence-corrected chi connectivity index (χ4v) is 5.25. The number of aromatic nitrogens is 1. The number of nitrogens with one attached hydrogen (secondary N) is 1. The van der Waals surface area contributed by atoms with Gasteiger partial charge in [-0.15, -0.1) is 11.3 Å². The molecule has 0 radical (unpaired) electrons. The first-order valence-electron chi connectivity index (χ1n) is 11.3. The van der Waals surface area contributed by atoms with Crippen molar-refractivity contribution in [3.05, 3.63) is 70.9 Å². The molecule has 1 N–H and O–H groups in total. The number of amides is 1. The molecule has 4 rings (SSSR count). The second-order valence-corrected chi connectivity index (χ2v) is 10.9. The van der Waals surface area contributed by atoms with Gasteiger partial charge in [-0.3, -0.25) is 4.79 Å². The Morgan fingerprint density at radius 1 is 0.968 bits per heavy atom. The molecule has 3 aromatic rings. The van der Waals surface area contributed by atoms with Gasteiger partial charge in [-0.2, -0.15) is 0 Å². The largest absolute Gasteiger partial charge is 0.322 e. The highest BCUT2D eigenvalue weighted by atomic mass is 32.1. The van der Waals surface area contributed by atoms with Gasteiger partial charge < -0.3 is 5.32 Å². The number of carbonyl (C=O) groups excluding carboxylic acids is 1. The minimum absolute atomic E-state index is 0.0801. The van der Waals surface area contributed by atoms with Crippen LogP contribution in [0.3, 0.4) is 0 Å². The Morgan fingerprint density at radius 3 is 2.23 bits per heavy atom. The van der Waals surface area contributed by atoms with E-state index < -0.39 is 0 Å². The molecule has 1 aliphatic carbocycles. The maximum Gasteiger partial charge on any atom is 0.255 e. The first-order chi connectivity index (χ1) is 14.8. The molecule has 1 fully saturated rings. The van der Waals surface area contributed by atoms with E-state index in [0.717, 1.165) is 17.2 Å². The number of anilines is 1. The molecule has 0 bridgehead atoms. The molecule has 0 saturated heterocycles. The van der Waals surface area contributed by atoms with E-state index in [0.29, 0.717) is 11.5 Å². The zero-order chi connectivity index (χ0) is 22.0. The van der Waals surface area contributed by atoms with Gasteiger partial charge >= 0.3 is 0 Å². The molecule has 3 nitrogen and oxygen atoms in total. The van der Waals surface area contributed by atoms with Gasteiger partial charge in [0.15, 0.2) is 0 Å². The lowest BCUT2D eigenvalue weighted by Gasteiger charge is -2.24. The van der Waals surface area contributed by atoms with Crippen LogP contribution >= 0.6 is 11.3 Å². The topological polar surface area (TPSA) is 42.0 Å². The minimum atomic E-state index is -0.0835. The van der Waals surface area contributed by atoms with Crippen molar-refractivity contribution >= 4 is 22.9 Å². The summed E-state index contributed by atoms with van der Waals surface area (Å²) in [6.07, 6.45) is 7.15. The van der Waals surface area contributed by atoms with Crippen molar-refractivity contribution in [2.75, 3.05) is 5.32 Å². The first kappa shape index (κ1) is 21.8. The molecule has 2 aromatic carbocycles. The van der Waals surface area contributed by atoms with Crippen molar-refractivity contribution in [1.82, 2.24) is 4.98 Å². The van der Waals surface area contributed by atoms with Crippen LogP contribution in [0.15, 0.2) is 54.7 Å². The lowest BCUT2D eigenvalue weighted by Crippen LogP contribution is -2.14. The lowest BCUT2D eigenvalue weighted by atomic mass is 9.83. The molecule has 162 valence electrons. The molecule has 1 heterocycles. The van der Waals surface area contributed by atoms with Gasteiger partial charge in [0.25, 0.3) is 5.91 Å². The minimum Gasteiger partial charge on any atom is -0.322 e. The summed E-state index contributed by atoms with van der Waals surface area (Å²) >= 11 is 1.82. The predicted octanol–water partition coefficient (Wildman–Crippen LogP) is 7.65. The van der Waals surface area contributed by atoms with E-state index in [1.54, 1.807) is 0 Å². The van der Waals surface area contributed by atoms with Crippen LogP contribution in [0.4, 0.5) is 5.69 Å². The van der Waals surface area contributed by atoms with Gasteiger partial charge in [0.1, 0.15) is 0 Å². The van der Waals surface area contributed by atoms with E-state index in [9.17, 15) is 4.79 Å². The van der Waals surface area contributed by atoms with Crippen LogP contribution in [0, 0.1) is 5.92 Å². The van der Waals surface area contributed by atoms with Crippen molar-refractivity contribution in [1.29, 1.82) is 0 Å². The van der Waals surface area contributed by atoms with Gasteiger partial charge in [-0.25, -0.2) is 4.98 Å². The Bertz CT molecular complexity index is 1020. The molecule has 1 aliphatic rings. The van der Waals surface area contributed by atoms with Crippen molar-refractivity contribution in [3.8, 4) is 10.4 Å². The molecule has 0 atom stereocenters. The highest BCUT2D eigenvalue weighted by molar-refractivity contribution is 7.15. The van der Waals surface area contributed by atoms with Gasteiger partial charge in [-0.1, -0.05) is 64.8 Å². The van der Waals surface area contributed by atoms with E-state index in [1.807, 2.05) is 53.9 Å². The quantitative estimate of drug-likeness (QED) is 0.460. The predicted molar refractivity (Wildman–Crippen MR) is 131 cm³/mol. The van der Waals surface area contributed by atoms with Crippen molar-refractivity contribution < 1.29 is 4.79 Å². The van der Waals surface area contributed by atoms with Crippen LogP contribution in [0.5, 0.6) is 0 Å². The van der Waals surface area contributed by atoms with E-state index in [2.05, 4.69) is 45.1 Å². The average molecular weight is 433 g/mol. The summed E-state index contributed by atoms with van der Waals surface area (Å²) in [6, 6.07) is 15.9. The molecule has 0 spiro atoms. The Hall–Kier alpha value is -2.46. The number of benzene rings is 2. The van der Waals surface area contributed by atoms with Crippen LogP contribution in [-0.2, 0) is 5.41 Å². The van der Waals surface area contributed by atoms with Crippen molar-refractivity contribution in [3.63, 3.8) is 0 Å². The molecule has 1 aromatic heterocycles. The summed E-state index contributed by atoms with van der Waals surface area (Å²) in [6.45, 7) is 8.87. The number of nitrogens with zero attached hydrogens (tertiary/aromatic N) is 1. The van der Waals surface area contributed by atoms with Crippen LogP contribution < -0.4 is 5.32 Å². The zero-order valence-corrected chi connectivity index (χ0v) is 19.8. The smallest absolute Gasteiger partial charge is 0.255 e. The third-order valence-corrected chi connectivity index (χ3v) is 7.54. The summed E-state index contributed by atoms with van der Waals surface area (Å²) in [5.74, 6) is 1.40. The van der Waals surface area contributed by atoms with E-state index in [1.165, 1.54) is 41.1 Å². The van der Waals surface area contributed by atoms with Gasteiger partial charge in [0.2, 0.25) is 0 Å². The summed E-state index contributed by atoms with van der Waals surface area (Å²) in [5, 5.41) is 4.28. The fourth-order valence-electron chi connectivity index (χ4n) is 4.16. The van der Waals surface area contributed by atoms with Gasteiger partial charge in [0.05, 0.1) is 9.88 Å². The standard InChI is InChI=1S/C27H32N2OS/c1-18-5-7-21(8-6-18)26-28-17-24(31-26)19-11-15-23(16-12-19)29-25(30)20-9-13-22(14-10-20)27(2,3)4/h9-18,21H,5-8H2,1-4H3,(H,29,30). The maximum absolute atomic E-state index is 12.6. The summed E-state index contributed by atoms with van der Waals surface area (Å²) in [5.41, 5.74) is 3.93. The first-order valence-corrected chi connectivity index (χ1v) is 12.1. The number of carbonyl (C=O) groups is 1. The highest BCUT2D eigenvalue weighted by Gasteiger charge is 2.22. The van der Waals surface area contributed by atoms with Crippen molar-refractivity contribution in [2.24, 2.45) is 5.92 Å². The normalized spacial score (nSPS) is 19.2. The number of hydrogen-bond donors (Lipinski definition) is 1. The SMILES string of the molecule is CC1CCC(c2ncc(-c3ccc(NC(=O)c4ccc(C(C)(C)C)cc4)cc3)s2)CC1. The second-order valence-electron chi connectivity index (χ2n) is 9.88. The van der Waals surface area contributed by atoms with E-state index in [4.69, 9.17) is 4.98 Å². The van der Waals surface area contributed by atoms with Crippen molar-refractivity contribution in [2.45, 2.75) is 64.7 Å². The average Bonchev–Trinajstić information content (AvgIpc) is 3.24. The molecular weight excluding hydrogens is 400 g/mol. The Kier molecular flexibility index (Phi) is 6.29. The number of thiazole rings is 1. The number of hydrogen-bond acceptors (Lipinski definition) is 3. The third kappa shape index (κ3) is 5.24. The fraction of sp³-hybridized carbons (Fsp3) is 0.407. The molecule has 1 amide bonds. The van der Waals surface area contributed by atoms with Gasteiger partial charge in [-0.05, 0) is 59.6 Å². The molecule has 31 heavy (non-hydrogen) atoms. The molecule has 0 unspecified atom stereocenters. The summed E-state index contributed by atoms with van der Waals surface area (Å²) in [4.78, 5) is 18.5. The Morgan fingerprint density at radius 2 is 1.61 bits per heavy atom. The van der Waals surface area contributed by atoms with Crippen LogP contribution in [0.2, 0.25) is 0 Å². The second kappa shape index (κ2) is 8.96. The van der Waals surface area contributed by atoms with Gasteiger partial charge in [0, 0.05) is 23.4 Å². The highest BCUT2D eigenvalue weighted by Crippen LogP contribution is 2.39. The zero-order valence-electron chi connectivity index (χ0n) is 18.9. The van der Waals surface area contributed by atoms with Crippen LogP contribution in [-0.4, -0.2) is 10.9 Å². The molecule has 4 heteroatoms. The summed E-state index contributed by atoms with van der Waals surface area (Å²) in [7, 11) is 0. The lowest BCUT2D eigenvalue weighted by molar-refractivity contribution is 0.102. The van der Waals surface area contributed by atoms with E-state index >= 15 is 0 Å². The molecule has 1 saturated carbocycles.